The maximum Gasteiger partial charge on any atom is 0.337 e. The third-order valence-corrected chi connectivity index (χ3v) is 3.89. The lowest BCUT2D eigenvalue weighted by Gasteiger charge is -2.30. The van der Waals surface area contributed by atoms with Crippen LogP contribution in [-0.4, -0.2) is 25.3 Å². The minimum absolute atomic E-state index is 0.415. The van der Waals surface area contributed by atoms with Crippen molar-refractivity contribution in [2.24, 2.45) is 0 Å². The first kappa shape index (κ1) is 15.8. The van der Waals surface area contributed by atoms with E-state index in [9.17, 15) is 4.79 Å². The zero-order valence-corrected chi connectivity index (χ0v) is 14.2. The summed E-state index contributed by atoms with van der Waals surface area (Å²) >= 11 is 8.62. The molecule has 0 bridgehead atoms. The number of hydrogen-bond acceptors (Lipinski definition) is 4. The number of carbonyl (C=O) groups excluding carboxylic acids is 1. The van der Waals surface area contributed by atoms with E-state index >= 15 is 0 Å². The van der Waals surface area contributed by atoms with Gasteiger partial charge in [0.15, 0.2) is 5.11 Å². The number of halogens is 1. The molecule has 1 atom stereocenters. The number of hydrogen-bond donors (Lipinski definition) is 2. The van der Waals surface area contributed by atoms with Crippen LogP contribution in [0.25, 0.3) is 0 Å². The van der Waals surface area contributed by atoms with Crippen LogP contribution in [0.15, 0.2) is 33.9 Å². The molecule has 0 fully saturated rings. The highest BCUT2D eigenvalue weighted by Gasteiger charge is 2.32. The number of benzene rings is 1. The van der Waals surface area contributed by atoms with E-state index in [1.165, 1.54) is 7.11 Å². The van der Waals surface area contributed by atoms with Gasteiger partial charge >= 0.3 is 5.97 Å². The zero-order valence-electron chi connectivity index (χ0n) is 11.8. The van der Waals surface area contributed by atoms with Crippen molar-refractivity contribution in [2.45, 2.75) is 13.0 Å². The molecule has 21 heavy (non-hydrogen) atoms. The number of carbonyl (C=O) groups is 1. The Kier molecular flexibility index (Phi) is 4.84. The topological polar surface area (TPSA) is 59.6 Å². The van der Waals surface area contributed by atoms with Crippen LogP contribution in [0.4, 0.5) is 0 Å². The summed E-state index contributed by atoms with van der Waals surface area (Å²) in [6.07, 6.45) is 0. The maximum absolute atomic E-state index is 12.1. The van der Waals surface area contributed by atoms with Crippen molar-refractivity contribution in [3.8, 4) is 5.75 Å². The Morgan fingerprint density at radius 2 is 2.10 bits per heavy atom. The first-order chi connectivity index (χ1) is 9.97. The molecule has 1 unspecified atom stereocenters. The van der Waals surface area contributed by atoms with Crippen molar-refractivity contribution in [1.82, 2.24) is 10.6 Å². The van der Waals surface area contributed by atoms with E-state index in [1.807, 2.05) is 18.2 Å². The Hall–Kier alpha value is -1.60. The Bertz CT molecular complexity index is 631. The molecular formula is C14H15BrN2O3S. The van der Waals surface area contributed by atoms with E-state index in [0.717, 1.165) is 10.0 Å². The number of nitrogens with one attached hydrogen (secondary N) is 2. The minimum Gasteiger partial charge on any atom is -0.496 e. The van der Waals surface area contributed by atoms with Crippen molar-refractivity contribution in [2.75, 3.05) is 14.2 Å². The van der Waals surface area contributed by atoms with E-state index in [2.05, 4.69) is 26.6 Å². The van der Waals surface area contributed by atoms with Gasteiger partial charge in [0.25, 0.3) is 0 Å². The quantitative estimate of drug-likeness (QED) is 0.629. The van der Waals surface area contributed by atoms with E-state index < -0.39 is 12.0 Å². The minimum atomic E-state index is -0.432. The van der Waals surface area contributed by atoms with Gasteiger partial charge in [0.1, 0.15) is 5.75 Å². The predicted molar refractivity (Wildman–Crippen MR) is 87.0 cm³/mol. The lowest BCUT2D eigenvalue weighted by Crippen LogP contribution is -2.45. The summed E-state index contributed by atoms with van der Waals surface area (Å²) in [5.74, 6) is 0.247. The van der Waals surface area contributed by atoms with Gasteiger partial charge in [-0.3, -0.25) is 0 Å². The van der Waals surface area contributed by atoms with Crippen molar-refractivity contribution >= 4 is 39.2 Å². The molecule has 0 saturated heterocycles. The second-order valence-electron chi connectivity index (χ2n) is 4.45. The molecule has 0 saturated carbocycles. The molecule has 0 radical (unpaired) electrons. The molecule has 2 rings (SSSR count). The van der Waals surface area contributed by atoms with Crippen LogP contribution >= 0.6 is 28.1 Å². The molecule has 1 aromatic rings. The molecule has 0 amide bonds. The third kappa shape index (κ3) is 3.19. The van der Waals surface area contributed by atoms with Gasteiger partial charge in [0.2, 0.25) is 0 Å². The lowest BCUT2D eigenvalue weighted by atomic mass is 9.95. The second kappa shape index (κ2) is 6.44. The molecule has 1 aliphatic rings. The molecule has 0 aromatic heterocycles. The van der Waals surface area contributed by atoms with Gasteiger partial charge < -0.3 is 20.1 Å². The lowest BCUT2D eigenvalue weighted by molar-refractivity contribution is -0.136. The predicted octanol–water partition coefficient (Wildman–Crippen LogP) is 2.42. The Balaban J connectivity index is 2.59. The summed E-state index contributed by atoms with van der Waals surface area (Å²) < 4.78 is 11.1. The van der Waals surface area contributed by atoms with Crippen LogP contribution in [0.5, 0.6) is 5.75 Å². The van der Waals surface area contributed by atoms with Crippen LogP contribution in [0.1, 0.15) is 18.5 Å². The fourth-order valence-corrected chi connectivity index (χ4v) is 2.89. The first-order valence-corrected chi connectivity index (χ1v) is 7.38. The van der Waals surface area contributed by atoms with Gasteiger partial charge in [-0.1, -0.05) is 15.9 Å². The molecular weight excluding hydrogens is 356 g/mol. The number of methoxy groups -OCH3 is 2. The van der Waals surface area contributed by atoms with Gasteiger partial charge in [0.05, 0.1) is 25.8 Å². The Labute approximate surface area is 136 Å². The fraction of sp³-hybridized carbons (Fsp3) is 0.286. The highest BCUT2D eigenvalue weighted by Crippen LogP contribution is 2.35. The summed E-state index contributed by atoms with van der Waals surface area (Å²) in [6, 6.07) is 5.16. The van der Waals surface area contributed by atoms with Gasteiger partial charge in [-0.15, -0.1) is 0 Å². The molecule has 0 aliphatic carbocycles. The number of allylic oxidation sites excluding steroid dienone is 1. The number of rotatable bonds is 3. The van der Waals surface area contributed by atoms with Gasteiger partial charge in [-0.25, -0.2) is 4.79 Å². The highest BCUT2D eigenvalue weighted by atomic mass is 79.9. The van der Waals surface area contributed by atoms with Crippen molar-refractivity contribution < 1.29 is 14.3 Å². The molecule has 112 valence electrons. The summed E-state index contributed by atoms with van der Waals surface area (Å²) in [6.45, 7) is 1.79. The summed E-state index contributed by atoms with van der Waals surface area (Å²) in [7, 11) is 2.94. The van der Waals surface area contributed by atoms with Crippen LogP contribution in [0.2, 0.25) is 0 Å². The van der Waals surface area contributed by atoms with Gasteiger partial charge in [0, 0.05) is 15.7 Å². The SMILES string of the molecule is COC(=O)C1=C(C)NC(=S)NC1c1cc(Br)ccc1OC. The van der Waals surface area contributed by atoms with E-state index in [-0.39, 0.29) is 0 Å². The average molecular weight is 371 g/mol. The maximum atomic E-state index is 12.1. The van der Waals surface area contributed by atoms with Crippen LogP contribution in [-0.2, 0) is 9.53 Å². The van der Waals surface area contributed by atoms with E-state index in [0.29, 0.717) is 22.1 Å². The first-order valence-electron chi connectivity index (χ1n) is 6.18. The van der Waals surface area contributed by atoms with E-state index in [4.69, 9.17) is 21.7 Å². The van der Waals surface area contributed by atoms with Crippen LogP contribution in [0, 0.1) is 0 Å². The molecule has 7 heteroatoms. The average Bonchev–Trinajstić information content (AvgIpc) is 2.45. The van der Waals surface area contributed by atoms with Crippen molar-refractivity contribution in [3.63, 3.8) is 0 Å². The van der Waals surface area contributed by atoms with Gasteiger partial charge in [-0.05, 0) is 37.3 Å². The van der Waals surface area contributed by atoms with Crippen LogP contribution in [0.3, 0.4) is 0 Å². The van der Waals surface area contributed by atoms with E-state index in [1.54, 1.807) is 14.0 Å². The molecule has 5 nitrogen and oxygen atoms in total. The smallest absolute Gasteiger partial charge is 0.337 e. The summed E-state index contributed by atoms with van der Waals surface area (Å²) in [5.41, 5.74) is 1.94. The highest BCUT2D eigenvalue weighted by molar-refractivity contribution is 9.10. The molecule has 1 aliphatic heterocycles. The second-order valence-corrected chi connectivity index (χ2v) is 5.77. The Morgan fingerprint density at radius 3 is 2.71 bits per heavy atom. The number of thiocarbonyl (C=S) groups is 1. The standard InChI is InChI=1S/C14H15BrN2O3S/c1-7-11(13(18)20-3)12(17-14(21)16-7)9-6-8(15)4-5-10(9)19-2/h4-6,12H,1-3H3,(H2,16,17,21). The molecule has 2 N–H and O–H groups in total. The number of ether oxygens (including phenoxy) is 2. The summed E-state index contributed by atoms with van der Waals surface area (Å²) in [5, 5.41) is 6.49. The number of esters is 1. The Morgan fingerprint density at radius 1 is 1.38 bits per heavy atom. The third-order valence-electron chi connectivity index (χ3n) is 3.18. The van der Waals surface area contributed by atoms with Crippen LogP contribution < -0.4 is 15.4 Å². The molecule has 1 aromatic carbocycles. The fourth-order valence-electron chi connectivity index (χ4n) is 2.24. The zero-order chi connectivity index (χ0) is 15.6. The normalized spacial score (nSPS) is 17.9. The molecule has 0 spiro atoms. The van der Waals surface area contributed by atoms with Crippen molar-refractivity contribution in [1.29, 1.82) is 0 Å². The molecule has 1 heterocycles. The largest absolute Gasteiger partial charge is 0.496 e. The monoisotopic (exact) mass is 370 g/mol. The van der Waals surface area contributed by atoms with Gasteiger partial charge in [-0.2, -0.15) is 0 Å². The van der Waals surface area contributed by atoms with Crippen molar-refractivity contribution in [3.05, 3.63) is 39.5 Å². The summed E-state index contributed by atoms with van der Waals surface area (Å²) in [4.78, 5) is 12.1.